The fraction of sp³-hybridized carbons (Fsp3) is 0.556. The summed E-state index contributed by atoms with van der Waals surface area (Å²) >= 11 is 0. The third kappa shape index (κ3) is 2.10. The summed E-state index contributed by atoms with van der Waals surface area (Å²) in [5, 5.41) is 8.56. The minimum atomic E-state index is -4.75. The van der Waals surface area contributed by atoms with Crippen molar-refractivity contribution in [1.29, 1.82) is 0 Å². The average molecular weight is 235 g/mol. The van der Waals surface area contributed by atoms with Gasteiger partial charge in [-0.3, -0.25) is 4.79 Å². The van der Waals surface area contributed by atoms with Gasteiger partial charge in [-0.25, -0.2) is 9.69 Å². The number of hydrogen-bond acceptors (Lipinski definition) is 2. The number of halogens is 3. The predicted octanol–water partition coefficient (Wildman–Crippen LogP) is 1.47. The summed E-state index contributed by atoms with van der Waals surface area (Å²) in [6, 6.07) is -2.28. The van der Waals surface area contributed by atoms with Crippen molar-refractivity contribution < 1.29 is 27.9 Å². The highest BCUT2D eigenvalue weighted by Crippen LogP contribution is 2.37. The topological polar surface area (TPSA) is 57.6 Å². The highest BCUT2D eigenvalue weighted by Gasteiger charge is 2.55. The molecular weight excluding hydrogens is 227 g/mol. The molecule has 2 atom stereocenters. The summed E-state index contributed by atoms with van der Waals surface area (Å²) in [5.74, 6) is -0.0747. The Morgan fingerprint density at radius 1 is 1.62 bits per heavy atom. The van der Waals surface area contributed by atoms with Crippen molar-refractivity contribution in [3.8, 4) is 12.3 Å². The summed E-state index contributed by atoms with van der Waals surface area (Å²) in [4.78, 5) is 21.7. The monoisotopic (exact) mass is 235 g/mol. The minimum Gasteiger partial charge on any atom is -0.465 e. The third-order valence-corrected chi connectivity index (χ3v) is 2.35. The van der Waals surface area contributed by atoms with Gasteiger partial charge in [-0.05, 0) is 6.42 Å². The lowest BCUT2D eigenvalue weighted by Crippen LogP contribution is -2.46. The molecule has 0 aliphatic carbocycles. The first-order valence-corrected chi connectivity index (χ1v) is 4.35. The van der Waals surface area contributed by atoms with Crippen molar-refractivity contribution >= 4 is 12.0 Å². The lowest BCUT2D eigenvalue weighted by atomic mass is 10.0. The zero-order valence-electron chi connectivity index (χ0n) is 7.99. The largest absolute Gasteiger partial charge is 0.465 e. The molecule has 1 aliphatic heterocycles. The normalized spacial score (nSPS) is 25.6. The molecule has 0 spiro atoms. The zero-order valence-corrected chi connectivity index (χ0v) is 7.99. The lowest BCUT2D eigenvalue weighted by Gasteiger charge is -2.21. The zero-order chi connectivity index (χ0) is 12.5. The first-order chi connectivity index (χ1) is 7.29. The molecule has 0 aromatic rings. The van der Waals surface area contributed by atoms with Crippen LogP contribution in [0.2, 0.25) is 0 Å². The van der Waals surface area contributed by atoms with Crippen LogP contribution in [0.4, 0.5) is 18.0 Å². The Morgan fingerprint density at radius 2 is 2.19 bits per heavy atom. The van der Waals surface area contributed by atoms with E-state index >= 15 is 0 Å². The molecule has 0 aromatic carbocycles. The van der Waals surface area contributed by atoms with E-state index < -0.39 is 36.6 Å². The first kappa shape index (κ1) is 12.4. The van der Waals surface area contributed by atoms with Crippen molar-refractivity contribution in [2.45, 2.75) is 25.1 Å². The number of carboxylic acid groups (broad SMARTS) is 1. The van der Waals surface area contributed by atoms with Gasteiger partial charge in [0.1, 0.15) is 6.04 Å². The molecular formula is C9H8F3NO3. The van der Waals surface area contributed by atoms with Crippen LogP contribution in [0.1, 0.15) is 12.8 Å². The number of hydrogen-bond donors (Lipinski definition) is 1. The van der Waals surface area contributed by atoms with Crippen LogP contribution in [0.15, 0.2) is 0 Å². The molecule has 1 aliphatic rings. The number of imide groups is 1. The van der Waals surface area contributed by atoms with Crippen LogP contribution in [0.3, 0.4) is 0 Å². The van der Waals surface area contributed by atoms with Crippen molar-refractivity contribution in [1.82, 2.24) is 4.90 Å². The molecule has 7 heteroatoms. The number of carbonyl (C=O) groups excluding carboxylic acids is 1. The predicted molar refractivity (Wildman–Crippen MR) is 46.3 cm³/mol. The average Bonchev–Trinajstić information content (AvgIpc) is 2.44. The molecule has 4 nitrogen and oxygen atoms in total. The number of terminal acetylenes is 1. The standard InChI is InChI=1S/C9H8F3NO3/c1-2-3-5-4-6(9(10,11)12)13(7(5)14)8(15)16/h1,5-6H,3-4H2,(H,15,16). The van der Waals surface area contributed by atoms with E-state index in [1.807, 2.05) is 0 Å². The van der Waals surface area contributed by atoms with E-state index in [9.17, 15) is 22.8 Å². The molecule has 2 unspecified atom stereocenters. The molecule has 1 fully saturated rings. The summed E-state index contributed by atoms with van der Waals surface area (Å²) in [6.45, 7) is 0. The SMILES string of the molecule is C#CCC1CC(C(F)(F)F)N(C(=O)O)C1=O. The van der Waals surface area contributed by atoms with E-state index in [-0.39, 0.29) is 11.3 Å². The van der Waals surface area contributed by atoms with Gasteiger partial charge in [0.2, 0.25) is 5.91 Å². The first-order valence-electron chi connectivity index (χ1n) is 4.35. The Bertz CT molecular complexity index is 358. The summed E-state index contributed by atoms with van der Waals surface area (Å²) in [7, 11) is 0. The van der Waals surface area contributed by atoms with E-state index in [1.54, 1.807) is 0 Å². The van der Waals surface area contributed by atoms with Gasteiger partial charge in [-0.1, -0.05) is 0 Å². The van der Waals surface area contributed by atoms with Gasteiger partial charge in [0, 0.05) is 6.42 Å². The molecule has 1 rings (SSSR count). The Kier molecular flexibility index (Phi) is 3.12. The number of carbonyl (C=O) groups is 2. The molecule has 0 bridgehead atoms. The van der Waals surface area contributed by atoms with Crippen molar-refractivity contribution in [2.75, 3.05) is 0 Å². The molecule has 2 amide bonds. The van der Waals surface area contributed by atoms with Crippen LogP contribution in [-0.2, 0) is 4.79 Å². The van der Waals surface area contributed by atoms with Gasteiger partial charge in [-0.2, -0.15) is 13.2 Å². The van der Waals surface area contributed by atoms with Crippen molar-refractivity contribution in [2.24, 2.45) is 5.92 Å². The van der Waals surface area contributed by atoms with Crippen LogP contribution < -0.4 is 0 Å². The highest BCUT2D eigenvalue weighted by molar-refractivity contribution is 5.95. The lowest BCUT2D eigenvalue weighted by molar-refractivity contribution is -0.175. The van der Waals surface area contributed by atoms with Gasteiger partial charge in [0.15, 0.2) is 0 Å². The highest BCUT2D eigenvalue weighted by atomic mass is 19.4. The van der Waals surface area contributed by atoms with Crippen LogP contribution in [0, 0.1) is 18.3 Å². The van der Waals surface area contributed by atoms with Crippen LogP contribution in [0.5, 0.6) is 0 Å². The third-order valence-electron chi connectivity index (χ3n) is 2.35. The maximum Gasteiger partial charge on any atom is 0.414 e. The van der Waals surface area contributed by atoms with Gasteiger partial charge < -0.3 is 5.11 Å². The fourth-order valence-corrected chi connectivity index (χ4v) is 1.65. The smallest absolute Gasteiger partial charge is 0.414 e. The molecule has 0 radical (unpaired) electrons. The second kappa shape index (κ2) is 4.04. The van der Waals surface area contributed by atoms with Gasteiger partial charge in [-0.15, -0.1) is 12.3 Å². The van der Waals surface area contributed by atoms with Gasteiger partial charge in [0.25, 0.3) is 0 Å². The molecule has 1 saturated heterocycles. The Hall–Kier alpha value is -1.71. The van der Waals surface area contributed by atoms with Crippen molar-refractivity contribution in [3.05, 3.63) is 0 Å². The Balaban J connectivity index is 2.99. The van der Waals surface area contributed by atoms with E-state index in [2.05, 4.69) is 5.92 Å². The van der Waals surface area contributed by atoms with Crippen LogP contribution in [0.25, 0.3) is 0 Å². The summed E-state index contributed by atoms with van der Waals surface area (Å²) < 4.78 is 37.3. The Morgan fingerprint density at radius 3 is 2.50 bits per heavy atom. The molecule has 88 valence electrons. The summed E-state index contributed by atoms with van der Waals surface area (Å²) in [6.07, 6.45) is -2.54. The summed E-state index contributed by atoms with van der Waals surface area (Å²) in [5.41, 5.74) is 0. The number of amides is 2. The van der Waals surface area contributed by atoms with Gasteiger partial charge in [0.05, 0.1) is 5.92 Å². The molecule has 16 heavy (non-hydrogen) atoms. The van der Waals surface area contributed by atoms with E-state index in [4.69, 9.17) is 11.5 Å². The minimum absolute atomic E-state index is 0.179. The molecule has 0 saturated carbocycles. The molecule has 1 heterocycles. The van der Waals surface area contributed by atoms with Crippen LogP contribution in [-0.4, -0.2) is 34.2 Å². The van der Waals surface area contributed by atoms with E-state index in [1.165, 1.54) is 0 Å². The fourth-order valence-electron chi connectivity index (χ4n) is 1.65. The Labute approximate surface area is 89.0 Å². The second-order valence-electron chi connectivity index (χ2n) is 3.39. The maximum absolute atomic E-state index is 12.4. The maximum atomic E-state index is 12.4. The van der Waals surface area contributed by atoms with E-state index in [0.29, 0.717) is 0 Å². The van der Waals surface area contributed by atoms with Crippen molar-refractivity contribution in [3.63, 3.8) is 0 Å². The number of rotatable bonds is 1. The molecule has 1 N–H and O–H groups in total. The van der Waals surface area contributed by atoms with Gasteiger partial charge >= 0.3 is 12.3 Å². The molecule has 0 aromatic heterocycles. The van der Waals surface area contributed by atoms with E-state index in [0.717, 1.165) is 0 Å². The number of alkyl halides is 3. The number of nitrogens with zero attached hydrogens (tertiary/aromatic N) is 1. The van der Waals surface area contributed by atoms with Crippen LogP contribution >= 0.6 is 0 Å². The second-order valence-corrected chi connectivity index (χ2v) is 3.39. The number of likely N-dealkylation sites (tertiary alicyclic amines) is 1. The quantitative estimate of drug-likeness (QED) is 0.700.